The molecule has 0 aliphatic carbocycles. The molecule has 7 nitrogen and oxygen atoms in total. The Morgan fingerprint density at radius 1 is 1.04 bits per heavy atom. The van der Waals surface area contributed by atoms with Crippen LogP contribution in [0, 0.1) is 0 Å². The summed E-state index contributed by atoms with van der Waals surface area (Å²) in [6, 6.07) is 14.3. The van der Waals surface area contributed by atoms with E-state index in [9.17, 15) is 4.79 Å². The molecule has 0 fully saturated rings. The monoisotopic (exact) mass is 381 g/mol. The molecule has 146 valence electrons. The first kappa shape index (κ1) is 19.4. The third-order valence-electron chi connectivity index (χ3n) is 3.92. The molecule has 3 rings (SSSR count). The van der Waals surface area contributed by atoms with Crippen LogP contribution in [0.15, 0.2) is 52.9 Å². The molecule has 3 aromatic rings. The van der Waals surface area contributed by atoms with Gasteiger partial charge in [0.05, 0.1) is 13.2 Å². The van der Waals surface area contributed by atoms with Crippen molar-refractivity contribution in [1.82, 2.24) is 10.2 Å². The average Bonchev–Trinajstić information content (AvgIpc) is 3.18. The van der Waals surface area contributed by atoms with Crippen LogP contribution in [0.2, 0.25) is 0 Å². The number of nitrogens with one attached hydrogen (secondary N) is 1. The molecule has 0 aliphatic heterocycles. The fraction of sp³-hybridized carbons (Fsp3) is 0.286. The molecule has 0 saturated carbocycles. The van der Waals surface area contributed by atoms with E-state index in [2.05, 4.69) is 22.4 Å². The standard InChI is InChI=1S/C21H23N3O4/c1-3-5-13-27-18-8-6-7-16(14-18)19(25)22-21-24-23-20(28-21)15-9-11-17(12-10-15)26-4-2/h6-12,14H,3-5,13H2,1-2H3,(H,22,24,25). The second-order valence-electron chi connectivity index (χ2n) is 6.05. The van der Waals surface area contributed by atoms with Crippen molar-refractivity contribution >= 4 is 11.9 Å². The minimum Gasteiger partial charge on any atom is -0.494 e. The maximum atomic E-state index is 12.4. The molecule has 0 aliphatic rings. The van der Waals surface area contributed by atoms with Crippen molar-refractivity contribution in [3.05, 3.63) is 54.1 Å². The third kappa shape index (κ3) is 5.09. The van der Waals surface area contributed by atoms with Crippen LogP contribution in [0.5, 0.6) is 11.5 Å². The zero-order chi connectivity index (χ0) is 19.8. The van der Waals surface area contributed by atoms with Crippen molar-refractivity contribution in [2.45, 2.75) is 26.7 Å². The number of carbonyl (C=O) groups is 1. The molecule has 0 atom stereocenters. The number of amides is 1. The van der Waals surface area contributed by atoms with Crippen LogP contribution >= 0.6 is 0 Å². The van der Waals surface area contributed by atoms with Crippen molar-refractivity contribution in [2.75, 3.05) is 18.5 Å². The molecule has 1 amide bonds. The molecule has 0 radical (unpaired) electrons. The number of aromatic nitrogens is 2. The van der Waals surface area contributed by atoms with Gasteiger partial charge in [0.2, 0.25) is 5.89 Å². The lowest BCUT2D eigenvalue weighted by atomic mass is 10.2. The van der Waals surface area contributed by atoms with Gasteiger partial charge < -0.3 is 13.9 Å². The summed E-state index contributed by atoms with van der Waals surface area (Å²) >= 11 is 0. The Bertz CT molecular complexity index is 906. The van der Waals surface area contributed by atoms with Gasteiger partial charge in [-0.25, -0.2) is 0 Å². The van der Waals surface area contributed by atoms with Crippen molar-refractivity contribution in [2.24, 2.45) is 0 Å². The molecule has 0 unspecified atom stereocenters. The number of hydrogen-bond donors (Lipinski definition) is 1. The summed E-state index contributed by atoms with van der Waals surface area (Å²) in [5.74, 6) is 1.39. The van der Waals surface area contributed by atoms with E-state index < -0.39 is 0 Å². The minimum atomic E-state index is -0.345. The van der Waals surface area contributed by atoms with E-state index in [0.717, 1.165) is 24.2 Å². The van der Waals surface area contributed by atoms with Gasteiger partial charge in [-0.05, 0) is 55.8 Å². The first-order valence-electron chi connectivity index (χ1n) is 9.30. The summed E-state index contributed by atoms with van der Waals surface area (Å²) in [5, 5.41) is 10.5. The first-order chi connectivity index (χ1) is 13.7. The zero-order valence-electron chi connectivity index (χ0n) is 16.0. The fourth-order valence-electron chi connectivity index (χ4n) is 2.48. The SMILES string of the molecule is CCCCOc1cccc(C(=O)Nc2nnc(-c3ccc(OCC)cc3)o2)c1. The predicted octanol–water partition coefficient (Wildman–Crippen LogP) is 4.57. The fourth-order valence-corrected chi connectivity index (χ4v) is 2.48. The Balaban J connectivity index is 1.64. The molecule has 1 aromatic heterocycles. The van der Waals surface area contributed by atoms with Crippen LogP contribution in [0.3, 0.4) is 0 Å². The van der Waals surface area contributed by atoms with Gasteiger partial charge in [-0.3, -0.25) is 10.1 Å². The summed E-state index contributed by atoms with van der Waals surface area (Å²) in [6.45, 7) is 5.24. The third-order valence-corrected chi connectivity index (χ3v) is 3.92. The van der Waals surface area contributed by atoms with Gasteiger partial charge in [-0.2, -0.15) is 0 Å². The number of hydrogen-bond acceptors (Lipinski definition) is 6. The molecule has 0 saturated heterocycles. The van der Waals surface area contributed by atoms with E-state index in [1.54, 1.807) is 18.2 Å². The van der Waals surface area contributed by atoms with Crippen LogP contribution in [-0.2, 0) is 0 Å². The highest BCUT2D eigenvalue weighted by molar-refractivity contribution is 6.03. The van der Waals surface area contributed by atoms with E-state index >= 15 is 0 Å². The summed E-state index contributed by atoms with van der Waals surface area (Å²) in [6.07, 6.45) is 2.01. The van der Waals surface area contributed by atoms with Gasteiger partial charge in [-0.15, -0.1) is 5.10 Å². The lowest BCUT2D eigenvalue weighted by molar-refractivity contribution is 0.102. The van der Waals surface area contributed by atoms with Crippen molar-refractivity contribution in [1.29, 1.82) is 0 Å². The number of carbonyl (C=O) groups excluding carboxylic acids is 1. The molecule has 1 N–H and O–H groups in total. The van der Waals surface area contributed by atoms with Gasteiger partial charge in [0.15, 0.2) is 0 Å². The summed E-state index contributed by atoms with van der Waals surface area (Å²) in [7, 11) is 0. The normalized spacial score (nSPS) is 10.5. The minimum absolute atomic E-state index is 0.0335. The highest BCUT2D eigenvalue weighted by atomic mass is 16.5. The number of ether oxygens (including phenoxy) is 2. The first-order valence-corrected chi connectivity index (χ1v) is 9.30. The van der Waals surface area contributed by atoms with Gasteiger partial charge in [0, 0.05) is 11.1 Å². The Morgan fingerprint density at radius 3 is 2.61 bits per heavy atom. The largest absolute Gasteiger partial charge is 0.494 e. The molecule has 7 heteroatoms. The summed E-state index contributed by atoms with van der Waals surface area (Å²) in [4.78, 5) is 12.4. The zero-order valence-corrected chi connectivity index (χ0v) is 16.0. The van der Waals surface area contributed by atoms with E-state index in [1.807, 2.05) is 37.3 Å². The van der Waals surface area contributed by atoms with Gasteiger partial charge in [0.25, 0.3) is 5.91 Å². The Labute approximate surface area is 163 Å². The molecule has 0 spiro atoms. The van der Waals surface area contributed by atoms with Crippen molar-refractivity contribution in [3.8, 4) is 23.0 Å². The van der Waals surface area contributed by atoms with Gasteiger partial charge >= 0.3 is 6.01 Å². The van der Waals surface area contributed by atoms with E-state index in [0.29, 0.717) is 30.4 Å². The average molecular weight is 381 g/mol. The van der Waals surface area contributed by atoms with Crippen molar-refractivity contribution in [3.63, 3.8) is 0 Å². The molecule has 28 heavy (non-hydrogen) atoms. The Hall–Kier alpha value is -3.35. The van der Waals surface area contributed by atoms with Crippen LogP contribution < -0.4 is 14.8 Å². The highest BCUT2D eigenvalue weighted by Gasteiger charge is 2.13. The van der Waals surface area contributed by atoms with Crippen LogP contribution in [-0.4, -0.2) is 29.3 Å². The van der Waals surface area contributed by atoms with Crippen LogP contribution in [0.1, 0.15) is 37.0 Å². The number of nitrogens with zero attached hydrogens (tertiary/aromatic N) is 2. The second kappa shape index (κ2) is 9.55. The lowest BCUT2D eigenvalue weighted by Gasteiger charge is -2.07. The number of benzene rings is 2. The topological polar surface area (TPSA) is 86.5 Å². The quantitative estimate of drug-likeness (QED) is 0.547. The molecular formula is C21H23N3O4. The van der Waals surface area contributed by atoms with E-state index in [1.165, 1.54) is 0 Å². The van der Waals surface area contributed by atoms with E-state index in [4.69, 9.17) is 13.9 Å². The maximum Gasteiger partial charge on any atom is 0.322 e. The lowest BCUT2D eigenvalue weighted by Crippen LogP contribution is -2.12. The van der Waals surface area contributed by atoms with Crippen LogP contribution in [0.25, 0.3) is 11.5 Å². The van der Waals surface area contributed by atoms with E-state index in [-0.39, 0.29) is 11.9 Å². The van der Waals surface area contributed by atoms with Gasteiger partial charge in [-0.1, -0.05) is 24.5 Å². The van der Waals surface area contributed by atoms with Crippen LogP contribution in [0.4, 0.5) is 6.01 Å². The molecule has 0 bridgehead atoms. The molecule has 1 heterocycles. The Kier molecular flexibility index (Phi) is 6.62. The molecular weight excluding hydrogens is 358 g/mol. The summed E-state index contributed by atoms with van der Waals surface area (Å²) < 4.78 is 16.6. The number of unbranched alkanes of at least 4 members (excludes halogenated alkanes) is 1. The smallest absolute Gasteiger partial charge is 0.322 e. The highest BCUT2D eigenvalue weighted by Crippen LogP contribution is 2.23. The Morgan fingerprint density at radius 2 is 1.86 bits per heavy atom. The van der Waals surface area contributed by atoms with Crippen molar-refractivity contribution < 1.29 is 18.7 Å². The maximum absolute atomic E-state index is 12.4. The predicted molar refractivity (Wildman–Crippen MR) is 106 cm³/mol. The number of rotatable bonds is 9. The number of anilines is 1. The molecule has 2 aromatic carbocycles. The second-order valence-corrected chi connectivity index (χ2v) is 6.05. The van der Waals surface area contributed by atoms with Gasteiger partial charge in [0.1, 0.15) is 11.5 Å². The summed E-state index contributed by atoms with van der Waals surface area (Å²) in [5.41, 5.74) is 1.19.